The lowest BCUT2D eigenvalue weighted by atomic mass is 10.0. The second-order valence-electron chi connectivity index (χ2n) is 4.84. The van der Waals surface area contributed by atoms with E-state index in [1.165, 1.54) is 18.4 Å². The number of para-hydroxylation sites is 1. The Morgan fingerprint density at radius 3 is 3.00 bits per heavy atom. The van der Waals surface area contributed by atoms with Gasteiger partial charge < -0.3 is 9.64 Å². The van der Waals surface area contributed by atoms with Crippen LogP contribution >= 0.6 is 27.5 Å². The molecule has 4 heteroatoms. The normalized spacial score (nSPS) is 19.8. The highest BCUT2D eigenvalue weighted by atomic mass is 79.9. The molecule has 1 aromatic carbocycles. The molecule has 0 saturated carbocycles. The number of benzene rings is 1. The largest absolute Gasteiger partial charge is 0.381 e. The highest BCUT2D eigenvalue weighted by Crippen LogP contribution is 2.31. The molecule has 1 heterocycles. The monoisotopic (exact) mass is 331 g/mol. The summed E-state index contributed by atoms with van der Waals surface area (Å²) >= 11 is 9.85. The molecule has 2 rings (SSSR count). The zero-order valence-electron chi connectivity index (χ0n) is 10.7. The van der Waals surface area contributed by atoms with Gasteiger partial charge in [0.1, 0.15) is 0 Å². The summed E-state index contributed by atoms with van der Waals surface area (Å²) < 4.78 is 5.54. The van der Waals surface area contributed by atoms with E-state index in [-0.39, 0.29) is 0 Å². The Hall–Kier alpha value is -0.250. The van der Waals surface area contributed by atoms with Crippen LogP contribution in [0.3, 0.4) is 0 Å². The summed E-state index contributed by atoms with van der Waals surface area (Å²) in [4.78, 5) is 2.26. The summed E-state index contributed by atoms with van der Waals surface area (Å²) in [6.45, 7) is 2.79. The molecule has 0 amide bonds. The first kappa shape index (κ1) is 14.2. The summed E-state index contributed by atoms with van der Waals surface area (Å²) in [5.74, 6) is 0.614. The quantitative estimate of drug-likeness (QED) is 0.770. The van der Waals surface area contributed by atoms with Crippen molar-refractivity contribution in [1.29, 1.82) is 0 Å². The van der Waals surface area contributed by atoms with E-state index in [1.807, 2.05) is 12.1 Å². The molecule has 18 heavy (non-hydrogen) atoms. The Kier molecular flexibility index (Phi) is 5.34. The first-order valence-corrected chi connectivity index (χ1v) is 7.84. The molecule has 0 aromatic heterocycles. The lowest BCUT2D eigenvalue weighted by molar-refractivity contribution is 0.0576. The minimum Gasteiger partial charge on any atom is -0.381 e. The molecular formula is C14H19BrClNO. The summed E-state index contributed by atoms with van der Waals surface area (Å²) in [6.07, 6.45) is 2.42. The summed E-state index contributed by atoms with van der Waals surface area (Å²) in [6, 6.07) is 6.07. The Labute approximate surface area is 122 Å². The van der Waals surface area contributed by atoms with E-state index >= 15 is 0 Å². The van der Waals surface area contributed by atoms with Crippen molar-refractivity contribution in [2.45, 2.75) is 18.2 Å². The van der Waals surface area contributed by atoms with Gasteiger partial charge in [0.15, 0.2) is 0 Å². The van der Waals surface area contributed by atoms with Crippen molar-refractivity contribution in [2.24, 2.45) is 5.92 Å². The zero-order valence-corrected chi connectivity index (χ0v) is 13.0. The maximum atomic E-state index is 6.33. The highest BCUT2D eigenvalue weighted by molar-refractivity contribution is 9.08. The van der Waals surface area contributed by atoms with E-state index in [2.05, 4.69) is 33.9 Å². The second-order valence-corrected chi connectivity index (χ2v) is 5.81. The van der Waals surface area contributed by atoms with Crippen LogP contribution < -0.4 is 4.90 Å². The van der Waals surface area contributed by atoms with Gasteiger partial charge in [0, 0.05) is 25.5 Å². The molecule has 0 bridgehead atoms. The molecule has 1 aliphatic heterocycles. The van der Waals surface area contributed by atoms with Crippen molar-refractivity contribution in [3.8, 4) is 0 Å². The van der Waals surface area contributed by atoms with Crippen LogP contribution in [0.15, 0.2) is 18.2 Å². The van der Waals surface area contributed by atoms with E-state index in [0.29, 0.717) is 5.92 Å². The average Bonchev–Trinajstić information content (AvgIpc) is 2.39. The highest BCUT2D eigenvalue weighted by Gasteiger charge is 2.18. The van der Waals surface area contributed by atoms with Gasteiger partial charge in [0.25, 0.3) is 0 Å². The third-order valence-electron chi connectivity index (χ3n) is 3.38. The minimum atomic E-state index is 0.614. The van der Waals surface area contributed by atoms with E-state index in [1.54, 1.807) is 0 Å². The van der Waals surface area contributed by atoms with Crippen molar-refractivity contribution >= 4 is 33.2 Å². The fourth-order valence-electron chi connectivity index (χ4n) is 2.53. The third kappa shape index (κ3) is 3.40. The van der Waals surface area contributed by atoms with Gasteiger partial charge in [0.05, 0.1) is 17.3 Å². The smallest absolute Gasteiger partial charge is 0.0642 e. The van der Waals surface area contributed by atoms with Crippen molar-refractivity contribution in [1.82, 2.24) is 0 Å². The number of nitrogens with zero attached hydrogens (tertiary/aromatic N) is 1. The molecule has 1 atom stereocenters. The van der Waals surface area contributed by atoms with Crippen molar-refractivity contribution < 1.29 is 4.74 Å². The number of anilines is 1. The number of hydrogen-bond donors (Lipinski definition) is 0. The number of halogens is 2. The molecule has 1 fully saturated rings. The fraction of sp³-hybridized carbons (Fsp3) is 0.571. The molecular weight excluding hydrogens is 314 g/mol. The topological polar surface area (TPSA) is 12.5 Å². The summed E-state index contributed by atoms with van der Waals surface area (Å²) in [5.41, 5.74) is 2.38. The van der Waals surface area contributed by atoms with Gasteiger partial charge in [-0.15, -0.1) is 0 Å². The van der Waals surface area contributed by atoms with Gasteiger partial charge in [-0.05, 0) is 30.4 Å². The summed E-state index contributed by atoms with van der Waals surface area (Å²) in [7, 11) is 2.11. The summed E-state index contributed by atoms with van der Waals surface area (Å²) in [5, 5.41) is 1.65. The predicted molar refractivity (Wildman–Crippen MR) is 80.9 cm³/mol. The van der Waals surface area contributed by atoms with Crippen LogP contribution in [0.4, 0.5) is 5.69 Å². The molecule has 100 valence electrons. The van der Waals surface area contributed by atoms with Crippen molar-refractivity contribution in [3.05, 3.63) is 28.8 Å². The van der Waals surface area contributed by atoms with Crippen LogP contribution in [0.25, 0.3) is 0 Å². The van der Waals surface area contributed by atoms with Gasteiger partial charge in [0.2, 0.25) is 0 Å². The molecule has 0 aliphatic carbocycles. The van der Waals surface area contributed by atoms with Gasteiger partial charge in [-0.3, -0.25) is 0 Å². The van der Waals surface area contributed by atoms with Gasteiger partial charge in [-0.1, -0.05) is 39.7 Å². The maximum absolute atomic E-state index is 6.33. The first-order valence-electron chi connectivity index (χ1n) is 6.34. The molecule has 0 radical (unpaired) electrons. The lowest BCUT2D eigenvalue weighted by Gasteiger charge is -2.30. The Balaban J connectivity index is 2.09. The number of alkyl halides is 1. The van der Waals surface area contributed by atoms with Crippen LogP contribution in [0.1, 0.15) is 18.4 Å². The molecule has 2 nitrogen and oxygen atoms in total. The Morgan fingerprint density at radius 2 is 2.33 bits per heavy atom. The maximum Gasteiger partial charge on any atom is 0.0642 e. The lowest BCUT2D eigenvalue weighted by Crippen LogP contribution is -2.31. The van der Waals surface area contributed by atoms with Gasteiger partial charge in [-0.25, -0.2) is 0 Å². The van der Waals surface area contributed by atoms with Crippen LogP contribution in [-0.4, -0.2) is 26.8 Å². The van der Waals surface area contributed by atoms with E-state index < -0.39 is 0 Å². The van der Waals surface area contributed by atoms with E-state index in [0.717, 1.165) is 35.8 Å². The van der Waals surface area contributed by atoms with Crippen LogP contribution in [0.2, 0.25) is 5.02 Å². The third-order valence-corrected chi connectivity index (χ3v) is 4.29. The van der Waals surface area contributed by atoms with Crippen LogP contribution in [0, 0.1) is 5.92 Å². The number of rotatable bonds is 4. The SMILES string of the molecule is CN(CC1CCCOC1)c1c(Cl)cccc1CBr. The zero-order chi connectivity index (χ0) is 13.0. The van der Waals surface area contributed by atoms with Crippen molar-refractivity contribution in [2.75, 3.05) is 31.7 Å². The van der Waals surface area contributed by atoms with Crippen molar-refractivity contribution in [3.63, 3.8) is 0 Å². The molecule has 0 N–H and O–H groups in total. The standard InChI is InChI=1S/C14H19BrClNO/c1-17(9-11-4-3-7-18-10-11)14-12(8-15)5-2-6-13(14)16/h2,5-6,11H,3-4,7-10H2,1H3. The van der Waals surface area contributed by atoms with E-state index in [9.17, 15) is 0 Å². The fourth-order valence-corrected chi connectivity index (χ4v) is 3.32. The minimum absolute atomic E-state index is 0.614. The van der Waals surface area contributed by atoms with Gasteiger partial charge >= 0.3 is 0 Å². The number of ether oxygens (including phenoxy) is 1. The Bertz CT molecular complexity index is 393. The predicted octanol–water partition coefficient (Wildman–Crippen LogP) is 4.10. The van der Waals surface area contributed by atoms with Crippen LogP contribution in [-0.2, 0) is 10.1 Å². The molecule has 1 saturated heterocycles. The molecule has 1 aromatic rings. The first-order chi connectivity index (χ1) is 8.72. The molecule has 1 aliphatic rings. The average molecular weight is 333 g/mol. The molecule has 1 unspecified atom stereocenters. The van der Waals surface area contributed by atoms with Gasteiger partial charge in [-0.2, -0.15) is 0 Å². The molecule has 0 spiro atoms. The van der Waals surface area contributed by atoms with Crippen LogP contribution in [0.5, 0.6) is 0 Å². The Morgan fingerprint density at radius 1 is 1.50 bits per heavy atom. The van der Waals surface area contributed by atoms with E-state index in [4.69, 9.17) is 16.3 Å². The number of hydrogen-bond acceptors (Lipinski definition) is 2. The second kappa shape index (κ2) is 6.78.